The molecule has 3 aliphatic heterocycles. The Kier molecular flexibility index (Phi) is 5.39. The van der Waals surface area contributed by atoms with Gasteiger partial charge in [-0.25, -0.2) is 4.98 Å². The summed E-state index contributed by atoms with van der Waals surface area (Å²) in [6.07, 6.45) is 5.14. The van der Waals surface area contributed by atoms with E-state index in [1.54, 1.807) is 41.5 Å². The molecular formula is C20H22N6O4. The Labute approximate surface area is 173 Å². The van der Waals surface area contributed by atoms with Crippen molar-refractivity contribution in [2.75, 3.05) is 49.6 Å². The number of rotatable bonds is 4. The van der Waals surface area contributed by atoms with E-state index >= 15 is 0 Å². The van der Waals surface area contributed by atoms with Crippen LogP contribution in [0.2, 0.25) is 0 Å². The summed E-state index contributed by atoms with van der Waals surface area (Å²) in [5.41, 5.74) is -0.764. The molecule has 4 heterocycles. The average molecular weight is 410 g/mol. The van der Waals surface area contributed by atoms with E-state index in [0.29, 0.717) is 55.7 Å². The molecule has 1 atom stereocenters. The topological polar surface area (TPSA) is 131 Å². The Bertz CT molecular complexity index is 962. The van der Waals surface area contributed by atoms with Crippen molar-refractivity contribution in [2.45, 2.75) is 12.0 Å². The number of hydrogen-bond acceptors (Lipinski definition) is 8. The van der Waals surface area contributed by atoms with Crippen LogP contribution in [0.4, 0.5) is 11.5 Å². The number of anilines is 2. The van der Waals surface area contributed by atoms with Gasteiger partial charge in [-0.05, 0) is 18.2 Å². The molecule has 2 amide bonds. The van der Waals surface area contributed by atoms with Crippen LogP contribution in [0.3, 0.4) is 0 Å². The lowest BCUT2D eigenvalue weighted by Gasteiger charge is -2.28. The van der Waals surface area contributed by atoms with Crippen molar-refractivity contribution in [3.8, 4) is 6.07 Å². The third kappa shape index (κ3) is 3.85. The van der Waals surface area contributed by atoms with Crippen LogP contribution in [-0.2, 0) is 14.3 Å². The van der Waals surface area contributed by atoms with Gasteiger partial charge >= 0.3 is 0 Å². The number of nitrogens with zero attached hydrogens (tertiary/aromatic N) is 4. The highest BCUT2D eigenvalue weighted by Gasteiger charge is 2.46. The second-order valence-corrected chi connectivity index (χ2v) is 7.23. The maximum absolute atomic E-state index is 12.5. The summed E-state index contributed by atoms with van der Waals surface area (Å²) < 4.78 is 5.28. The molecule has 2 fully saturated rings. The maximum atomic E-state index is 12.5. The Morgan fingerprint density at radius 1 is 1.33 bits per heavy atom. The van der Waals surface area contributed by atoms with E-state index in [-0.39, 0.29) is 18.9 Å². The highest BCUT2D eigenvalue weighted by atomic mass is 16.5. The summed E-state index contributed by atoms with van der Waals surface area (Å²) in [6, 6.07) is 4.99. The molecule has 156 valence electrons. The van der Waals surface area contributed by atoms with Crippen LogP contribution in [0.1, 0.15) is 6.42 Å². The van der Waals surface area contributed by atoms with Crippen molar-refractivity contribution in [2.24, 2.45) is 0 Å². The van der Waals surface area contributed by atoms with Gasteiger partial charge in [0.05, 0.1) is 13.2 Å². The number of aromatic nitrogens is 1. The highest BCUT2D eigenvalue weighted by molar-refractivity contribution is 6.03. The molecule has 3 aliphatic rings. The predicted octanol–water partition coefficient (Wildman–Crippen LogP) is -0.285. The fourth-order valence-electron chi connectivity index (χ4n) is 3.54. The van der Waals surface area contributed by atoms with Crippen LogP contribution < -0.4 is 15.5 Å². The monoisotopic (exact) mass is 410 g/mol. The highest BCUT2D eigenvalue weighted by Crippen LogP contribution is 2.29. The summed E-state index contributed by atoms with van der Waals surface area (Å²) in [6.45, 7) is 2.94. The Balaban J connectivity index is 1.43. The Morgan fingerprint density at radius 2 is 2.13 bits per heavy atom. The molecule has 0 aromatic carbocycles. The van der Waals surface area contributed by atoms with Gasteiger partial charge in [0.1, 0.15) is 17.7 Å². The minimum atomic E-state index is -1.97. The summed E-state index contributed by atoms with van der Waals surface area (Å²) in [5, 5.41) is 25.4. The molecule has 0 saturated carbocycles. The van der Waals surface area contributed by atoms with Crippen LogP contribution in [0.25, 0.3) is 0 Å². The van der Waals surface area contributed by atoms with Gasteiger partial charge in [-0.1, -0.05) is 0 Å². The quantitative estimate of drug-likeness (QED) is 0.578. The number of nitrogens with one attached hydrogen (secondary N) is 2. The van der Waals surface area contributed by atoms with E-state index in [4.69, 9.17) is 10.00 Å². The number of amides is 2. The van der Waals surface area contributed by atoms with Crippen molar-refractivity contribution >= 4 is 23.3 Å². The van der Waals surface area contributed by atoms with Crippen LogP contribution in [0.5, 0.6) is 0 Å². The Hall–Kier alpha value is -3.42. The number of aliphatic hydroxyl groups is 1. The largest absolute Gasteiger partial charge is 0.378 e. The molecular weight excluding hydrogens is 388 g/mol. The van der Waals surface area contributed by atoms with Gasteiger partial charge in [0.15, 0.2) is 0 Å². The molecule has 1 aromatic heterocycles. The van der Waals surface area contributed by atoms with Crippen LogP contribution in [0, 0.1) is 11.3 Å². The van der Waals surface area contributed by atoms with Crippen molar-refractivity contribution in [3.63, 3.8) is 0 Å². The van der Waals surface area contributed by atoms with Gasteiger partial charge in [-0.15, -0.1) is 0 Å². The zero-order valence-corrected chi connectivity index (χ0v) is 16.3. The van der Waals surface area contributed by atoms with Crippen molar-refractivity contribution in [1.29, 1.82) is 5.26 Å². The van der Waals surface area contributed by atoms with E-state index in [9.17, 15) is 14.7 Å². The maximum Gasteiger partial charge on any atom is 0.273 e. The molecule has 0 aliphatic carbocycles. The van der Waals surface area contributed by atoms with Crippen molar-refractivity contribution in [1.82, 2.24) is 15.2 Å². The van der Waals surface area contributed by atoms with Crippen LogP contribution in [-0.4, -0.2) is 71.8 Å². The normalized spacial score (nSPS) is 23.9. The smallest absolute Gasteiger partial charge is 0.273 e. The zero-order valence-electron chi connectivity index (χ0n) is 16.3. The number of carbonyl (C=O) groups excluding carboxylic acids is 2. The SMILES string of the molecule is N#C[C@@]1(O)CCN(c2ccnc(NC3=CC=C(C(=O)N4CCOCC4)CN3)c2)C1=O. The van der Waals surface area contributed by atoms with E-state index < -0.39 is 11.5 Å². The molecule has 1 aromatic rings. The second kappa shape index (κ2) is 8.14. The number of hydrogen-bond donors (Lipinski definition) is 3. The van der Waals surface area contributed by atoms with Crippen molar-refractivity contribution in [3.05, 3.63) is 41.9 Å². The summed E-state index contributed by atoms with van der Waals surface area (Å²) >= 11 is 0. The van der Waals surface area contributed by atoms with Gasteiger partial charge < -0.3 is 30.3 Å². The standard InChI is InChI=1S/C20H22N6O4/c21-13-20(29)4-6-26(19(20)28)15-3-5-22-17(11-15)24-16-2-1-14(12-23-16)18(27)25-7-9-30-10-8-25/h1-3,5,11,23,29H,4,6-10,12H2,(H,22,24)/t20-/m0/s1. The van der Waals surface area contributed by atoms with Gasteiger partial charge in [0, 0.05) is 56.1 Å². The predicted molar refractivity (Wildman–Crippen MR) is 107 cm³/mol. The fourth-order valence-corrected chi connectivity index (χ4v) is 3.54. The average Bonchev–Trinajstić information content (AvgIpc) is 3.09. The molecule has 10 nitrogen and oxygen atoms in total. The first-order chi connectivity index (χ1) is 14.5. The van der Waals surface area contributed by atoms with Gasteiger partial charge in [0.2, 0.25) is 5.60 Å². The molecule has 0 bridgehead atoms. The Morgan fingerprint density at radius 3 is 2.80 bits per heavy atom. The number of ether oxygens (including phenoxy) is 1. The van der Waals surface area contributed by atoms with E-state index in [0.717, 1.165) is 0 Å². The lowest BCUT2D eigenvalue weighted by Crippen LogP contribution is -2.43. The lowest BCUT2D eigenvalue weighted by atomic mass is 10.1. The molecule has 30 heavy (non-hydrogen) atoms. The third-order valence-electron chi connectivity index (χ3n) is 5.29. The first-order valence-electron chi connectivity index (χ1n) is 9.70. The molecule has 2 saturated heterocycles. The second-order valence-electron chi connectivity index (χ2n) is 7.23. The van der Waals surface area contributed by atoms with E-state index in [2.05, 4.69) is 15.6 Å². The van der Waals surface area contributed by atoms with Crippen LogP contribution in [0.15, 0.2) is 41.9 Å². The number of dihydropyridines is 1. The zero-order chi connectivity index (χ0) is 21.1. The van der Waals surface area contributed by atoms with Gasteiger partial charge in [0.25, 0.3) is 11.8 Å². The summed E-state index contributed by atoms with van der Waals surface area (Å²) in [4.78, 5) is 32.3. The third-order valence-corrected chi connectivity index (χ3v) is 5.29. The minimum absolute atomic E-state index is 0.00116. The minimum Gasteiger partial charge on any atom is -0.378 e. The molecule has 0 radical (unpaired) electrons. The molecule has 3 N–H and O–H groups in total. The molecule has 4 rings (SSSR count). The van der Waals surface area contributed by atoms with Gasteiger partial charge in [-0.3, -0.25) is 9.59 Å². The lowest BCUT2D eigenvalue weighted by molar-refractivity contribution is -0.131. The number of morpholine rings is 1. The molecule has 10 heteroatoms. The van der Waals surface area contributed by atoms with Crippen molar-refractivity contribution < 1.29 is 19.4 Å². The number of pyridine rings is 1. The number of allylic oxidation sites excluding steroid dienone is 2. The first-order valence-corrected chi connectivity index (χ1v) is 9.70. The first kappa shape index (κ1) is 19.9. The summed E-state index contributed by atoms with van der Waals surface area (Å²) in [5.74, 6) is 0.521. The van der Waals surface area contributed by atoms with Gasteiger partial charge in [-0.2, -0.15) is 5.26 Å². The van der Waals surface area contributed by atoms with E-state index in [1.165, 1.54) is 4.90 Å². The van der Waals surface area contributed by atoms with Crippen LogP contribution >= 0.6 is 0 Å². The molecule has 0 unspecified atom stereocenters. The molecule has 0 spiro atoms. The summed E-state index contributed by atoms with van der Waals surface area (Å²) in [7, 11) is 0. The number of carbonyl (C=O) groups is 2. The van der Waals surface area contributed by atoms with E-state index in [1.807, 2.05) is 0 Å². The fraction of sp³-hybridized carbons (Fsp3) is 0.400. The number of nitriles is 1.